The Bertz CT molecular complexity index is 1600. The molecule has 2 amide bonds. The van der Waals surface area contributed by atoms with E-state index in [1.165, 1.54) is 63.4 Å². The van der Waals surface area contributed by atoms with Crippen molar-refractivity contribution in [3.8, 4) is 11.5 Å². The van der Waals surface area contributed by atoms with Crippen molar-refractivity contribution in [2.24, 2.45) is 0 Å². The van der Waals surface area contributed by atoms with Gasteiger partial charge in [0, 0.05) is 30.2 Å². The predicted molar refractivity (Wildman–Crippen MR) is 162 cm³/mol. The molecule has 0 aliphatic rings. The number of hydrogen-bond donors (Lipinski definition) is 1. The summed E-state index contributed by atoms with van der Waals surface area (Å²) in [5, 5.41) is 14.3. The molecular formula is C29H33ClN4O8S. The Balaban J connectivity index is 2.18. The second kappa shape index (κ2) is 14.2. The zero-order chi connectivity index (χ0) is 31.9. The smallest absolute Gasteiger partial charge is 0.273 e. The molecule has 3 aromatic rings. The topological polar surface area (TPSA) is 148 Å². The van der Waals surface area contributed by atoms with Gasteiger partial charge in [0.1, 0.15) is 24.1 Å². The SMILES string of the molecule is CC[C@@H](C(=O)NC)N(Cc1ccc(OC)cc1)C(=O)CN(c1cc(Cl)ccc1OC)S(=O)(=O)c1ccc(C)c([N+](=O)[O-])c1. The molecule has 0 saturated carbocycles. The maximum absolute atomic E-state index is 14.2. The van der Waals surface area contributed by atoms with Gasteiger partial charge in [0.25, 0.3) is 15.7 Å². The van der Waals surface area contributed by atoms with Crippen LogP contribution < -0.4 is 19.1 Å². The van der Waals surface area contributed by atoms with Gasteiger partial charge in [0.2, 0.25) is 11.8 Å². The Labute approximate surface area is 255 Å². The highest BCUT2D eigenvalue weighted by Crippen LogP contribution is 2.36. The van der Waals surface area contributed by atoms with Crippen molar-refractivity contribution in [3.63, 3.8) is 0 Å². The molecular weight excluding hydrogens is 600 g/mol. The number of methoxy groups -OCH3 is 2. The maximum Gasteiger partial charge on any atom is 0.273 e. The fraction of sp³-hybridized carbons (Fsp3) is 0.310. The lowest BCUT2D eigenvalue weighted by molar-refractivity contribution is -0.385. The summed E-state index contributed by atoms with van der Waals surface area (Å²) in [5.74, 6) is -0.466. The number of sulfonamides is 1. The monoisotopic (exact) mass is 632 g/mol. The lowest BCUT2D eigenvalue weighted by Gasteiger charge is -2.33. The second-order valence-corrected chi connectivity index (χ2v) is 11.7. The zero-order valence-electron chi connectivity index (χ0n) is 24.4. The van der Waals surface area contributed by atoms with E-state index in [0.717, 1.165) is 10.4 Å². The van der Waals surface area contributed by atoms with Crippen molar-refractivity contribution < 1.29 is 32.4 Å². The first kappa shape index (κ1) is 33.1. The van der Waals surface area contributed by atoms with E-state index in [1.807, 2.05) is 0 Å². The summed E-state index contributed by atoms with van der Waals surface area (Å²) in [6, 6.07) is 13.7. The number of carbonyl (C=O) groups excluding carboxylic acids is 2. The molecule has 1 atom stereocenters. The molecule has 3 aromatic carbocycles. The van der Waals surface area contributed by atoms with E-state index in [2.05, 4.69) is 5.32 Å². The van der Waals surface area contributed by atoms with Crippen LogP contribution >= 0.6 is 11.6 Å². The maximum atomic E-state index is 14.2. The highest BCUT2D eigenvalue weighted by Gasteiger charge is 2.35. The normalized spacial score (nSPS) is 11.8. The van der Waals surface area contributed by atoms with Crippen LogP contribution in [0.25, 0.3) is 0 Å². The van der Waals surface area contributed by atoms with Crippen molar-refractivity contribution in [2.45, 2.75) is 37.8 Å². The molecule has 0 saturated heterocycles. The number of halogens is 1. The standard InChI is InChI=1S/C29H33ClN4O8S/c1-6-24(29(36)31-3)32(17-20-8-11-22(41-4)12-9-20)28(35)18-33(26-15-21(30)10-14-27(26)42-5)43(39,40)23-13-7-19(2)25(16-23)34(37)38/h7-16,24H,6,17-18H2,1-5H3,(H,31,36)/t24-/m0/s1. The van der Waals surface area contributed by atoms with Crippen molar-refractivity contribution in [3.05, 3.63) is 86.9 Å². The number of benzene rings is 3. The number of nitrogens with zero attached hydrogens (tertiary/aromatic N) is 3. The number of nitro groups is 1. The number of hydrogen-bond acceptors (Lipinski definition) is 8. The molecule has 0 heterocycles. The molecule has 0 fully saturated rings. The van der Waals surface area contributed by atoms with Gasteiger partial charge in [-0.1, -0.05) is 36.7 Å². The average Bonchev–Trinajstić information content (AvgIpc) is 2.99. The van der Waals surface area contributed by atoms with Gasteiger partial charge in [-0.2, -0.15) is 0 Å². The van der Waals surface area contributed by atoms with Gasteiger partial charge in [-0.15, -0.1) is 0 Å². The Morgan fingerprint density at radius 3 is 2.28 bits per heavy atom. The number of anilines is 1. The van der Waals surface area contributed by atoms with Crippen molar-refractivity contribution in [1.29, 1.82) is 0 Å². The summed E-state index contributed by atoms with van der Waals surface area (Å²) in [5.41, 5.74) is 0.454. The number of nitrogens with one attached hydrogen (secondary N) is 1. The molecule has 0 spiro atoms. The first-order valence-corrected chi connectivity index (χ1v) is 14.9. The molecule has 43 heavy (non-hydrogen) atoms. The number of ether oxygens (including phenoxy) is 2. The van der Waals surface area contributed by atoms with Gasteiger partial charge in [-0.05, 0) is 55.3 Å². The molecule has 0 aliphatic heterocycles. The minimum Gasteiger partial charge on any atom is -0.497 e. The molecule has 0 radical (unpaired) electrons. The molecule has 12 nitrogen and oxygen atoms in total. The number of rotatable bonds is 13. The van der Waals surface area contributed by atoms with Crippen molar-refractivity contribution in [1.82, 2.24) is 10.2 Å². The second-order valence-electron chi connectivity index (χ2n) is 9.44. The van der Waals surface area contributed by atoms with Gasteiger partial charge in [-0.25, -0.2) is 8.42 Å². The quantitative estimate of drug-likeness (QED) is 0.216. The summed E-state index contributed by atoms with van der Waals surface area (Å²) >= 11 is 6.24. The number of likely N-dealkylation sites (N-methyl/N-ethyl adjacent to an activating group) is 1. The van der Waals surface area contributed by atoms with Crippen LogP contribution in [0.1, 0.15) is 24.5 Å². The van der Waals surface area contributed by atoms with Gasteiger partial charge in [0.05, 0.1) is 29.7 Å². The number of carbonyl (C=O) groups is 2. The van der Waals surface area contributed by atoms with Crippen LogP contribution in [-0.2, 0) is 26.2 Å². The zero-order valence-corrected chi connectivity index (χ0v) is 25.9. The molecule has 0 unspecified atom stereocenters. The molecule has 0 aliphatic carbocycles. The number of amides is 2. The Hall–Kier alpha value is -4.36. The van der Waals surface area contributed by atoms with E-state index < -0.39 is 49.9 Å². The summed E-state index contributed by atoms with van der Waals surface area (Å²) in [4.78, 5) is 38.8. The third-order valence-corrected chi connectivity index (χ3v) is 8.79. The predicted octanol–water partition coefficient (Wildman–Crippen LogP) is 4.32. The van der Waals surface area contributed by atoms with E-state index in [4.69, 9.17) is 21.1 Å². The van der Waals surface area contributed by atoms with Gasteiger partial charge >= 0.3 is 0 Å². The fourth-order valence-corrected chi connectivity index (χ4v) is 6.06. The molecule has 0 bridgehead atoms. The molecule has 3 rings (SSSR count). The number of nitro benzene ring substituents is 1. The lowest BCUT2D eigenvalue weighted by Crippen LogP contribution is -2.51. The van der Waals surface area contributed by atoms with Crippen LogP contribution in [-0.4, -0.2) is 63.9 Å². The summed E-state index contributed by atoms with van der Waals surface area (Å²) in [6.07, 6.45) is 0.235. The summed E-state index contributed by atoms with van der Waals surface area (Å²) < 4.78 is 39.7. The van der Waals surface area contributed by atoms with Crippen LogP contribution in [0.15, 0.2) is 65.6 Å². The molecule has 14 heteroatoms. The van der Waals surface area contributed by atoms with Crippen LogP contribution in [0.5, 0.6) is 11.5 Å². The molecule has 230 valence electrons. The van der Waals surface area contributed by atoms with Crippen LogP contribution in [0.4, 0.5) is 11.4 Å². The minimum absolute atomic E-state index is 0.0225. The van der Waals surface area contributed by atoms with E-state index in [1.54, 1.807) is 31.2 Å². The summed E-state index contributed by atoms with van der Waals surface area (Å²) in [6.45, 7) is 2.42. The third-order valence-electron chi connectivity index (χ3n) is 6.80. The van der Waals surface area contributed by atoms with Crippen LogP contribution in [0.2, 0.25) is 5.02 Å². The van der Waals surface area contributed by atoms with Crippen LogP contribution in [0.3, 0.4) is 0 Å². The lowest BCUT2D eigenvalue weighted by atomic mass is 10.1. The Kier molecular flexibility index (Phi) is 11.0. The number of aryl methyl sites for hydroxylation is 1. The largest absolute Gasteiger partial charge is 0.497 e. The highest BCUT2D eigenvalue weighted by atomic mass is 35.5. The van der Waals surface area contributed by atoms with E-state index in [0.29, 0.717) is 11.3 Å². The average molecular weight is 633 g/mol. The molecule has 0 aromatic heterocycles. The van der Waals surface area contributed by atoms with Crippen molar-refractivity contribution in [2.75, 3.05) is 32.1 Å². The van der Waals surface area contributed by atoms with E-state index in [9.17, 15) is 28.1 Å². The fourth-order valence-electron chi connectivity index (χ4n) is 4.46. The first-order chi connectivity index (χ1) is 20.4. The van der Waals surface area contributed by atoms with Gasteiger partial charge in [0.15, 0.2) is 0 Å². The molecule has 1 N–H and O–H groups in total. The van der Waals surface area contributed by atoms with E-state index in [-0.39, 0.29) is 35.0 Å². The van der Waals surface area contributed by atoms with Gasteiger partial charge < -0.3 is 19.7 Å². The Morgan fingerprint density at radius 1 is 1.05 bits per heavy atom. The van der Waals surface area contributed by atoms with Crippen molar-refractivity contribution >= 4 is 44.8 Å². The Morgan fingerprint density at radius 2 is 1.72 bits per heavy atom. The van der Waals surface area contributed by atoms with Crippen LogP contribution in [0, 0.1) is 17.0 Å². The van der Waals surface area contributed by atoms with E-state index >= 15 is 0 Å². The first-order valence-electron chi connectivity index (χ1n) is 13.1. The minimum atomic E-state index is -4.62. The summed E-state index contributed by atoms with van der Waals surface area (Å²) in [7, 11) is -0.333. The highest BCUT2D eigenvalue weighted by molar-refractivity contribution is 7.92. The third kappa shape index (κ3) is 7.54. The van der Waals surface area contributed by atoms with Gasteiger partial charge in [-0.3, -0.25) is 24.0 Å².